The summed E-state index contributed by atoms with van der Waals surface area (Å²) in [5, 5.41) is 7.15. The van der Waals surface area contributed by atoms with E-state index in [9.17, 15) is 9.59 Å². The first kappa shape index (κ1) is 26.9. The Kier molecular flexibility index (Phi) is 8.76. The lowest BCUT2D eigenvalue weighted by Crippen LogP contribution is -2.50. The molecule has 0 fully saturated rings. The minimum atomic E-state index is -0.788. The van der Waals surface area contributed by atoms with E-state index in [4.69, 9.17) is 21.1 Å². The molecule has 0 spiro atoms. The molecule has 1 aromatic heterocycles. The van der Waals surface area contributed by atoms with Crippen molar-refractivity contribution in [3.63, 3.8) is 0 Å². The lowest BCUT2D eigenvalue weighted by molar-refractivity contribution is -0.131. The SMILES string of the molecule is COc1ccc(CCN(C)C(=O)C(Cc2c[nH]c3ccccc23)NC(=O)Nc2cccc(Cl)c2)cc1OC. The van der Waals surface area contributed by atoms with E-state index in [1.54, 1.807) is 50.4 Å². The third-order valence-corrected chi connectivity index (χ3v) is 6.58. The molecule has 3 N–H and O–H groups in total. The van der Waals surface area contributed by atoms with Gasteiger partial charge in [-0.05, 0) is 53.9 Å². The van der Waals surface area contributed by atoms with Crippen molar-refractivity contribution < 1.29 is 19.1 Å². The summed E-state index contributed by atoms with van der Waals surface area (Å²) in [7, 11) is 4.92. The smallest absolute Gasteiger partial charge is 0.319 e. The Morgan fingerprint density at radius 3 is 2.55 bits per heavy atom. The van der Waals surface area contributed by atoms with E-state index in [0.29, 0.717) is 41.6 Å². The van der Waals surface area contributed by atoms with Crippen LogP contribution in [0.25, 0.3) is 10.9 Å². The lowest BCUT2D eigenvalue weighted by atomic mass is 10.0. The van der Waals surface area contributed by atoms with E-state index in [-0.39, 0.29) is 5.91 Å². The van der Waals surface area contributed by atoms with E-state index < -0.39 is 12.1 Å². The highest BCUT2D eigenvalue weighted by Gasteiger charge is 2.25. The van der Waals surface area contributed by atoms with Gasteiger partial charge in [-0.2, -0.15) is 0 Å². The molecule has 0 aliphatic heterocycles. The number of aromatic nitrogens is 1. The minimum Gasteiger partial charge on any atom is -0.493 e. The molecule has 9 heteroatoms. The molecule has 3 amide bonds. The van der Waals surface area contributed by atoms with E-state index in [1.165, 1.54) is 0 Å². The van der Waals surface area contributed by atoms with Gasteiger partial charge in [-0.15, -0.1) is 0 Å². The van der Waals surface area contributed by atoms with Crippen LogP contribution in [0.3, 0.4) is 0 Å². The number of anilines is 1. The molecule has 0 saturated heterocycles. The number of urea groups is 1. The van der Waals surface area contributed by atoms with E-state index in [0.717, 1.165) is 22.0 Å². The normalized spacial score (nSPS) is 11.6. The molecule has 1 unspecified atom stereocenters. The molecule has 4 aromatic rings. The predicted octanol–water partition coefficient (Wildman–Crippen LogP) is 5.27. The Bertz CT molecular complexity index is 1420. The van der Waals surface area contributed by atoms with Crippen molar-refractivity contribution in [2.45, 2.75) is 18.9 Å². The van der Waals surface area contributed by atoms with Crippen LogP contribution in [0, 0.1) is 0 Å². The minimum absolute atomic E-state index is 0.197. The summed E-state index contributed by atoms with van der Waals surface area (Å²) in [5.41, 5.74) is 3.45. The number of halogens is 1. The number of carbonyl (C=O) groups excluding carboxylic acids is 2. The fourth-order valence-electron chi connectivity index (χ4n) is 4.32. The number of carbonyl (C=O) groups is 2. The van der Waals surface area contributed by atoms with Crippen LogP contribution < -0.4 is 20.1 Å². The van der Waals surface area contributed by atoms with Crippen molar-refractivity contribution in [2.24, 2.45) is 0 Å². The molecule has 0 bridgehead atoms. The number of rotatable bonds is 10. The molecule has 0 aliphatic carbocycles. The highest BCUT2D eigenvalue weighted by atomic mass is 35.5. The van der Waals surface area contributed by atoms with Crippen molar-refractivity contribution in [3.8, 4) is 11.5 Å². The number of nitrogens with one attached hydrogen (secondary N) is 3. The van der Waals surface area contributed by atoms with Crippen molar-refractivity contribution in [2.75, 3.05) is 33.1 Å². The van der Waals surface area contributed by atoms with Crippen LogP contribution in [0.2, 0.25) is 5.02 Å². The van der Waals surface area contributed by atoms with Gasteiger partial charge in [0.05, 0.1) is 14.2 Å². The van der Waals surface area contributed by atoms with E-state index in [2.05, 4.69) is 15.6 Å². The number of hydrogen-bond acceptors (Lipinski definition) is 4. The molecule has 8 nitrogen and oxygen atoms in total. The summed E-state index contributed by atoms with van der Waals surface area (Å²) >= 11 is 6.05. The third kappa shape index (κ3) is 6.58. The van der Waals surface area contributed by atoms with Crippen molar-refractivity contribution in [1.29, 1.82) is 0 Å². The molecule has 0 saturated carbocycles. The van der Waals surface area contributed by atoms with Gasteiger partial charge in [0, 0.05) is 47.8 Å². The Balaban J connectivity index is 1.49. The second-order valence-electron chi connectivity index (χ2n) is 8.92. The monoisotopic (exact) mass is 534 g/mol. The molecule has 1 atom stereocenters. The molecule has 3 aromatic carbocycles. The van der Waals surface area contributed by atoms with Crippen molar-refractivity contribution >= 4 is 40.1 Å². The van der Waals surface area contributed by atoms with Crippen LogP contribution >= 0.6 is 11.6 Å². The number of fused-ring (bicyclic) bond motifs is 1. The molecule has 4 rings (SSSR count). The summed E-state index contributed by atoms with van der Waals surface area (Å²) in [6, 6.07) is 19.1. The lowest BCUT2D eigenvalue weighted by Gasteiger charge is -2.25. The molecule has 1 heterocycles. The molecule has 38 heavy (non-hydrogen) atoms. The second kappa shape index (κ2) is 12.4. The summed E-state index contributed by atoms with van der Waals surface area (Å²) in [4.78, 5) is 31.4. The average Bonchev–Trinajstić information content (AvgIpc) is 3.33. The maximum absolute atomic E-state index is 13.6. The van der Waals surface area contributed by atoms with Gasteiger partial charge in [0.2, 0.25) is 5.91 Å². The largest absolute Gasteiger partial charge is 0.493 e. The number of amides is 3. The van der Waals surface area contributed by atoms with Gasteiger partial charge >= 0.3 is 6.03 Å². The predicted molar refractivity (Wildman–Crippen MR) is 150 cm³/mol. The van der Waals surface area contributed by atoms with Crippen molar-refractivity contribution in [1.82, 2.24) is 15.2 Å². The van der Waals surface area contributed by atoms with E-state index >= 15 is 0 Å². The number of hydrogen-bond donors (Lipinski definition) is 3. The zero-order chi connectivity index (χ0) is 27.1. The van der Waals surface area contributed by atoms with Gasteiger partial charge in [0.25, 0.3) is 0 Å². The zero-order valence-electron chi connectivity index (χ0n) is 21.6. The number of para-hydroxylation sites is 1. The Hall–Kier alpha value is -4.17. The highest BCUT2D eigenvalue weighted by Crippen LogP contribution is 2.28. The summed E-state index contributed by atoms with van der Waals surface area (Å²) in [6.07, 6.45) is 2.81. The first-order valence-electron chi connectivity index (χ1n) is 12.2. The fraction of sp³-hybridized carbons (Fsp3) is 0.241. The van der Waals surface area contributed by atoms with Gasteiger partial charge in [-0.1, -0.05) is 41.9 Å². The van der Waals surface area contributed by atoms with Gasteiger partial charge in [-0.3, -0.25) is 4.79 Å². The topological polar surface area (TPSA) is 95.7 Å². The number of aromatic amines is 1. The highest BCUT2D eigenvalue weighted by molar-refractivity contribution is 6.30. The average molecular weight is 535 g/mol. The summed E-state index contributed by atoms with van der Waals surface area (Å²) in [6.45, 7) is 0.455. The first-order chi connectivity index (χ1) is 18.4. The number of H-pyrrole nitrogens is 1. The number of benzene rings is 3. The third-order valence-electron chi connectivity index (χ3n) is 6.34. The van der Waals surface area contributed by atoms with Crippen LogP contribution in [0.5, 0.6) is 11.5 Å². The summed E-state index contributed by atoms with van der Waals surface area (Å²) in [5.74, 6) is 1.09. The second-order valence-corrected chi connectivity index (χ2v) is 9.36. The molecule has 0 radical (unpaired) electrons. The first-order valence-corrected chi connectivity index (χ1v) is 12.6. The van der Waals surface area contributed by atoms with E-state index in [1.807, 2.05) is 48.7 Å². The number of methoxy groups -OCH3 is 2. The summed E-state index contributed by atoms with van der Waals surface area (Å²) < 4.78 is 10.7. The molecular formula is C29H31ClN4O4. The van der Waals surface area contributed by atoms with Crippen LogP contribution in [-0.4, -0.2) is 55.7 Å². The van der Waals surface area contributed by atoms with Crippen molar-refractivity contribution in [3.05, 3.63) is 89.1 Å². The van der Waals surface area contributed by atoms with Gasteiger partial charge < -0.3 is 30.0 Å². The Morgan fingerprint density at radius 1 is 1.00 bits per heavy atom. The van der Waals surface area contributed by atoms with Gasteiger partial charge in [-0.25, -0.2) is 4.79 Å². The standard InChI is InChI=1S/C29H31ClN4O4/c1-34(14-13-19-11-12-26(37-2)27(15-19)38-3)28(35)25(16-20-18-31-24-10-5-4-9-23(20)24)33-29(36)32-22-8-6-7-21(30)17-22/h4-12,15,17-18,25,31H,13-14,16H2,1-3H3,(H2,32,33,36). The van der Waals surface area contributed by atoms with Crippen LogP contribution in [0.1, 0.15) is 11.1 Å². The number of likely N-dealkylation sites (N-methyl/N-ethyl adjacent to an activating group) is 1. The zero-order valence-corrected chi connectivity index (χ0v) is 22.3. The molecule has 198 valence electrons. The van der Waals surface area contributed by atoms with Crippen LogP contribution in [0.15, 0.2) is 72.9 Å². The maximum atomic E-state index is 13.6. The van der Waals surface area contributed by atoms with Gasteiger partial charge in [0.15, 0.2) is 11.5 Å². The Morgan fingerprint density at radius 2 is 1.79 bits per heavy atom. The Labute approximate surface area is 226 Å². The molecule has 0 aliphatic rings. The van der Waals surface area contributed by atoms with Crippen LogP contribution in [-0.2, 0) is 17.6 Å². The number of nitrogens with zero attached hydrogens (tertiary/aromatic N) is 1. The fourth-order valence-corrected chi connectivity index (χ4v) is 4.51. The molecular weight excluding hydrogens is 504 g/mol. The van der Waals surface area contributed by atoms with Gasteiger partial charge in [0.1, 0.15) is 6.04 Å². The quantitative estimate of drug-likeness (QED) is 0.258. The number of ether oxygens (including phenoxy) is 2. The maximum Gasteiger partial charge on any atom is 0.319 e. The van der Waals surface area contributed by atoms with Crippen LogP contribution in [0.4, 0.5) is 10.5 Å².